The molecule has 1 aromatic carbocycles. The normalized spacial score (nSPS) is 25.9. The van der Waals surface area contributed by atoms with Crippen LogP contribution in [0.15, 0.2) is 48.6 Å². The standard InChI is InChI=1S/C16H15NO2/c1-10-5-3-7-12(9-10)17-15(18)13-8-4-6-11(2)14(13)16(17)19/h3-7,9,13-14H,2,8H2,1H3. The molecule has 2 unspecified atom stereocenters. The Bertz CT molecular complexity index is 615. The Morgan fingerprint density at radius 3 is 2.74 bits per heavy atom. The summed E-state index contributed by atoms with van der Waals surface area (Å²) >= 11 is 0. The lowest BCUT2D eigenvalue weighted by Gasteiger charge is -2.17. The van der Waals surface area contributed by atoms with Gasteiger partial charge in [0, 0.05) is 0 Å². The van der Waals surface area contributed by atoms with E-state index in [-0.39, 0.29) is 23.7 Å². The minimum absolute atomic E-state index is 0.105. The van der Waals surface area contributed by atoms with Crippen LogP contribution in [0.4, 0.5) is 5.69 Å². The second kappa shape index (κ2) is 4.19. The van der Waals surface area contributed by atoms with Crippen LogP contribution < -0.4 is 4.90 Å². The number of aryl methyl sites for hydroxylation is 1. The number of hydrogen-bond acceptors (Lipinski definition) is 2. The number of imide groups is 1. The van der Waals surface area contributed by atoms with Crippen molar-refractivity contribution in [3.63, 3.8) is 0 Å². The molecule has 1 heterocycles. The summed E-state index contributed by atoms with van der Waals surface area (Å²) in [6.45, 7) is 5.85. The lowest BCUT2D eigenvalue weighted by molar-refractivity contribution is -0.122. The first kappa shape index (κ1) is 11.9. The molecule has 2 amide bonds. The first-order valence-electron chi connectivity index (χ1n) is 6.39. The Labute approximate surface area is 112 Å². The molecular formula is C16H15NO2. The smallest absolute Gasteiger partial charge is 0.242 e. The molecule has 3 rings (SSSR count). The average Bonchev–Trinajstić information content (AvgIpc) is 2.63. The van der Waals surface area contributed by atoms with Crippen LogP contribution in [0.2, 0.25) is 0 Å². The second-order valence-electron chi connectivity index (χ2n) is 5.15. The van der Waals surface area contributed by atoms with E-state index in [9.17, 15) is 9.59 Å². The van der Waals surface area contributed by atoms with Crippen LogP contribution in [0.5, 0.6) is 0 Å². The minimum atomic E-state index is -0.377. The molecule has 96 valence electrons. The maximum absolute atomic E-state index is 12.5. The van der Waals surface area contributed by atoms with Crippen LogP contribution in [0.3, 0.4) is 0 Å². The zero-order valence-corrected chi connectivity index (χ0v) is 10.8. The molecule has 0 spiro atoms. The third-order valence-corrected chi connectivity index (χ3v) is 3.81. The highest BCUT2D eigenvalue weighted by Crippen LogP contribution is 2.39. The van der Waals surface area contributed by atoms with E-state index in [1.807, 2.05) is 37.3 Å². The van der Waals surface area contributed by atoms with Gasteiger partial charge in [-0.15, -0.1) is 0 Å². The molecule has 1 aliphatic carbocycles. The van der Waals surface area contributed by atoms with Gasteiger partial charge in [-0.1, -0.05) is 30.9 Å². The number of fused-ring (bicyclic) bond motifs is 1. The van der Waals surface area contributed by atoms with Gasteiger partial charge in [-0.2, -0.15) is 0 Å². The molecule has 0 aromatic heterocycles. The number of anilines is 1. The van der Waals surface area contributed by atoms with Gasteiger partial charge in [-0.05, 0) is 36.6 Å². The highest BCUT2D eigenvalue weighted by Gasteiger charge is 2.49. The fourth-order valence-corrected chi connectivity index (χ4v) is 2.87. The van der Waals surface area contributed by atoms with Crippen molar-refractivity contribution in [2.45, 2.75) is 13.3 Å². The topological polar surface area (TPSA) is 37.4 Å². The summed E-state index contributed by atoms with van der Waals surface area (Å²) in [4.78, 5) is 26.2. The second-order valence-corrected chi connectivity index (χ2v) is 5.15. The summed E-state index contributed by atoms with van der Waals surface area (Å²) in [5.41, 5.74) is 2.44. The Hall–Kier alpha value is -2.16. The third kappa shape index (κ3) is 1.73. The maximum atomic E-state index is 12.5. The van der Waals surface area contributed by atoms with Crippen molar-refractivity contribution < 1.29 is 9.59 Å². The van der Waals surface area contributed by atoms with Crippen LogP contribution in [-0.4, -0.2) is 11.8 Å². The van der Waals surface area contributed by atoms with E-state index in [0.717, 1.165) is 11.1 Å². The predicted molar refractivity (Wildman–Crippen MR) is 73.5 cm³/mol. The van der Waals surface area contributed by atoms with Gasteiger partial charge in [0.1, 0.15) is 0 Å². The lowest BCUT2D eigenvalue weighted by atomic mass is 9.82. The van der Waals surface area contributed by atoms with E-state index >= 15 is 0 Å². The highest BCUT2D eigenvalue weighted by molar-refractivity contribution is 6.23. The maximum Gasteiger partial charge on any atom is 0.242 e. The molecule has 1 aromatic rings. The minimum Gasteiger partial charge on any atom is -0.274 e. The van der Waals surface area contributed by atoms with Crippen LogP contribution in [0.1, 0.15) is 12.0 Å². The molecule has 1 saturated heterocycles. The van der Waals surface area contributed by atoms with Crippen LogP contribution in [0.25, 0.3) is 0 Å². The van der Waals surface area contributed by atoms with E-state index < -0.39 is 0 Å². The van der Waals surface area contributed by atoms with Gasteiger partial charge in [0.05, 0.1) is 17.5 Å². The Morgan fingerprint density at radius 1 is 1.26 bits per heavy atom. The largest absolute Gasteiger partial charge is 0.274 e. The van der Waals surface area contributed by atoms with E-state index in [2.05, 4.69) is 6.58 Å². The van der Waals surface area contributed by atoms with Crippen molar-refractivity contribution in [3.05, 3.63) is 54.1 Å². The first-order valence-corrected chi connectivity index (χ1v) is 6.39. The van der Waals surface area contributed by atoms with Crippen molar-refractivity contribution in [3.8, 4) is 0 Å². The van der Waals surface area contributed by atoms with Crippen LogP contribution in [0, 0.1) is 18.8 Å². The summed E-state index contributed by atoms with van der Waals surface area (Å²) < 4.78 is 0. The summed E-state index contributed by atoms with van der Waals surface area (Å²) in [7, 11) is 0. The molecule has 1 aliphatic heterocycles. The van der Waals surface area contributed by atoms with Gasteiger partial charge >= 0.3 is 0 Å². The monoisotopic (exact) mass is 253 g/mol. The van der Waals surface area contributed by atoms with E-state index in [1.54, 1.807) is 6.07 Å². The molecule has 1 fully saturated rings. The fraction of sp³-hybridized carbons (Fsp3) is 0.250. The number of carbonyl (C=O) groups is 2. The Morgan fingerprint density at radius 2 is 2.05 bits per heavy atom. The molecule has 0 bridgehead atoms. The number of hydrogen-bond donors (Lipinski definition) is 0. The highest BCUT2D eigenvalue weighted by atomic mass is 16.2. The van der Waals surface area contributed by atoms with Gasteiger partial charge < -0.3 is 0 Å². The Kier molecular flexibility index (Phi) is 2.63. The fourth-order valence-electron chi connectivity index (χ4n) is 2.87. The van der Waals surface area contributed by atoms with Gasteiger partial charge in [0.2, 0.25) is 11.8 Å². The van der Waals surface area contributed by atoms with Gasteiger partial charge in [-0.3, -0.25) is 9.59 Å². The summed E-state index contributed by atoms with van der Waals surface area (Å²) in [6, 6.07) is 7.47. The Balaban J connectivity index is 2.03. The molecule has 3 nitrogen and oxygen atoms in total. The number of carbonyl (C=O) groups excluding carboxylic acids is 2. The lowest BCUT2D eigenvalue weighted by Crippen LogP contribution is -2.30. The van der Waals surface area contributed by atoms with Gasteiger partial charge in [0.15, 0.2) is 0 Å². The summed E-state index contributed by atoms with van der Waals surface area (Å²) in [5, 5.41) is 0. The van der Waals surface area contributed by atoms with E-state index in [0.29, 0.717) is 12.1 Å². The number of allylic oxidation sites excluding steroid dienone is 2. The number of nitrogens with zero attached hydrogens (tertiary/aromatic N) is 1. The summed E-state index contributed by atoms with van der Waals surface area (Å²) in [6.07, 6.45) is 4.40. The van der Waals surface area contributed by atoms with Crippen molar-refractivity contribution in [2.75, 3.05) is 4.90 Å². The van der Waals surface area contributed by atoms with Crippen LogP contribution >= 0.6 is 0 Å². The van der Waals surface area contributed by atoms with Crippen molar-refractivity contribution in [2.24, 2.45) is 11.8 Å². The quantitative estimate of drug-likeness (QED) is 0.721. The third-order valence-electron chi connectivity index (χ3n) is 3.81. The molecule has 2 aliphatic rings. The zero-order chi connectivity index (χ0) is 13.6. The average molecular weight is 253 g/mol. The van der Waals surface area contributed by atoms with Crippen molar-refractivity contribution in [1.82, 2.24) is 0 Å². The SMILES string of the molecule is C=C1C=CCC2C(=O)N(c3cccc(C)c3)C(=O)C12. The number of amides is 2. The molecule has 0 N–H and O–H groups in total. The predicted octanol–water partition coefficient (Wildman–Crippen LogP) is 2.62. The molecule has 2 atom stereocenters. The first-order chi connectivity index (χ1) is 9.09. The molecular weight excluding hydrogens is 238 g/mol. The van der Waals surface area contributed by atoms with Gasteiger partial charge in [0.25, 0.3) is 0 Å². The van der Waals surface area contributed by atoms with E-state index in [4.69, 9.17) is 0 Å². The number of benzene rings is 1. The van der Waals surface area contributed by atoms with E-state index in [1.165, 1.54) is 4.90 Å². The molecule has 0 radical (unpaired) electrons. The van der Waals surface area contributed by atoms with Crippen molar-refractivity contribution >= 4 is 17.5 Å². The van der Waals surface area contributed by atoms with Gasteiger partial charge in [-0.25, -0.2) is 4.90 Å². The number of rotatable bonds is 1. The van der Waals surface area contributed by atoms with Crippen LogP contribution in [-0.2, 0) is 9.59 Å². The molecule has 19 heavy (non-hydrogen) atoms. The molecule has 0 saturated carbocycles. The van der Waals surface area contributed by atoms with Crippen molar-refractivity contribution in [1.29, 1.82) is 0 Å². The molecule has 3 heteroatoms. The summed E-state index contributed by atoms with van der Waals surface area (Å²) in [5.74, 6) is -0.899. The zero-order valence-electron chi connectivity index (χ0n) is 10.8.